The number of nitrogen functional groups attached to an aromatic ring is 1. The lowest BCUT2D eigenvalue weighted by molar-refractivity contribution is 0.477. The molecule has 1 aromatic heterocycles. The predicted octanol–water partition coefficient (Wildman–Crippen LogP) is 3.00. The number of nitrogens with zero attached hydrogens (tertiary/aromatic N) is 1. The summed E-state index contributed by atoms with van der Waals surface area (Å²) < 4.78 is 43.9. The van der Waals surface area contributed by atoms with Crippen LogP contribution < -0.4 is 5.73 Å². The van der Waals surface area contributed by atoms with E-state index in [4.69, 9.17) is 10.2 Å². The van der Waals surface area contributed by atoms with Gasteiger partial charge in [-0.05, 0) is 18.2 Å². The summed E-state index contributed by atoms with van der Waals surface area (Å²) in [6.07, 6.45) is 0. The van der Waals surface area contributed by atoms with E-state index in [0.717, 1.165) is 12.1 Å². The van der Waals surface area contributed by atoms with Crippen LogP contribution in [-0.4, -0.2) is 9.19 Å². The minimum Gasteiger partial charge on any atom is -0.430 e. The topological polar surface area (TPSA) is 69.1 Å². The standard InChI is InChI=1S/C14H10F2N2O2S/c15-9-2-1-8(11(16)5-9)7-21(19)14-18-12-4-3-10(17)6-13(12)20-14/h1-6H,7,17H2. The average Bonchev–Trinajstić information content (AvgIpc) is 2.85. The number of fused-ring (bicyclic) bond motifs is 1. The monoisotopic (exact) mass is 308 g/mol. The summed E-state index contributed by atoms with van der Waals surface area (Å²) in [6, 6.07) is 7.98. The summed E-state index contributed by atoms with van der Waals surface area (Å²) in [7, 11) is -1.67. The number of anilines is 1. The highest BCUT2D eigenvalue weighted by atomic mass is 32.2. The molecule has 21 heavy (non-hydrogen) atoms. The zero-order valence-electron chi connectivity index (χ0n) is 10.7. The second-order valence-electron chi connectivity index (χ2n) is 4.43. The molecule has 0 amide bonds. The molecule has 0 aliphatic carbocycles. The highest BCUT2D eigenvalue weighted by Gasteiger charge is 2.16. The maximum Gasteiger partial charge on any atom is 0.288 e. The fourth-order valence-corrected chi connectivity index (χ4v) is 2.88. The van der Waals surface area contributed by atoms with Gasteiger partial charge < -0.3 is 10.2 Å². The molecular weight excluding hydrogens is 298 g/mol. The predicted molar refractivity (Wildman–Crippen MR) is 74.9 cm³/mol. The molecule has 0 aliphatic rings. The largest absolute Gasteiger partial charge is 0.430 e. The second kappa shape index (κ2) is 5.25. The van der Waals surface area contributed by atoms with Crippen LogP contribution in [0.1, 0.15) is 5.56 Å². The minimum atomic E-state index is -1.67. The third kappa shape index (κ3) is 2.78. The summed E-state index contributed by atoms with van der Waals surface area (Å²) >= 11 is 0. The molecule has 2 aromatic carbocycles. The van der Waals surface area contributed by atoms with E-state index in [9.17, 15) is 13.0 Å². The summed E-state index contributed by atoms with van der Waals surface area (Å²) in [6.45, 7) is 0. The number of oxazole rings is 1. The molecule has 0 saturated heterocycles. The lowest BCUT2D eigenvalue weighted by Gasteiger charge is -2.01. The molecule has 0 saturated carbocycles. The van der Waals surface area contributed by atoms with Crippen LogP contribution in [0.15, 0.2) is 46.0 Å². The number of nitrogens with two attached hydrogens (primary N) is 1. The van der Waals surface area contributed by atoms with Crippen LogP contribution in [0.4, 0.5) is 14.5 Å². The van der Waals surface area contributed by atoms with Crippen molar-refractivity contribution in [3.8, 4) is 0 Å². The zero-order chi connectivity index (χ0) is 15.0. The normalized spacial score (nSPS) is 12.7. The molecule has 1 unspecified atom stereocenters. The quantitative estimate of drug-likeness (QED) is 0.755. The maximum atomic E-state index is 13.5. The molecular formula is C14H10F2N2O2S. The average molecular weight is 308 g/mol. The van der Waals surface area contributed by atoms with E-state index in [2.05, 4.69) is 4.98 Å². The Morgan fingerprint density at radius 1 is 1.19 bits per heavy atom. The second-order valence-corrected chi connectivity index (χ2v) is 5.76. The fourth-order valence-electron chi connectivity index (χ4n) is 1.86. The van der Waals surface area contributed by atoms with Crippen molar-refractivity contribution >= 4 is 27.6 Å². The Labute approximate surface area is 121 Å². The first-order valence-electron chi connectivity index (χ1n) is 6.01. The van der Waals surface area contributed by atoms with Gasteiger partial charge >= 0.3 is 0 Å². The van der Waals surface area contributed by atoms with Crippen molar-refractivity contribution in [3.63, 3.8) is 0 Å². The lowest BCUT2D eigenvalue weighted by Crippen LogP contribution is -1.99. The van der Waals surface area contributed by atoms with Crippen LogP contribution in [0.2, 0.25) is 0 Å². The van der Waals surface area contributed by atoms with Gasteiger partial charge in [0.05, 0.1) is 5.75 Å². The molecule has 4 nitrogen and oxygen atoms in total. The first-order chi connectivity index (χ1) is 10.0. The van der Waals surface area contributed by atoms with Crippen molar-refractivity contribution in [2.75, 3.05) is 5.73 Å². The van der Waals surface area contributed by atoms with E-state index >= 15 is 0 Å². The number of hydrogen-bond donors (Lipinski definition) is 1. The van der Waals surface area contributed by atoms with Crippen LogP contribution in [-0.2, 0) is 16.6 Å². The Balaban J connectivity index is 1.89. The molecule has 0 radical (unpaired) electrons. The number of benzene rings is 2. The van der Waals surface area contributed by atoms with Crippen molar-refractivity contribution < 1.29 is 17.4 Å². The third-order valence-corrected chi connectivity index (χ3v) is 4.03. The summed E-state index contributed by atoms with van der Waals surface area (Å²) in [5, 5.41) is -0.0145. The van der Waals surface area contributed by atoms with Gasteiger partial charge in [0.2, 0.25) is 0 Å². The fraction of sp³-hybridized carbons (Fsp3) is 0.0714. The Hall–Kier alpha value is -2.28. The van der Waals surface area contributed by atoms with E-state index in [1.54, 1.807) is 18.2 Å². The van der Waals surface area contributed by atoms with Gasteiger partial charge in [0.25, 0.3) is 5.22 Å². The van der Waals surface area contributed by atoms with Gasteiger partial charge in [-0.15, -0.1) is 0 Å². The van der Waals surface area contributed by atoms with Gasteiger partial charge in [-0.3, -0.25) is 0 Å². The number of aromatic nitrogens is 1. The van der Waals surface area contributed by atoms with Crippen LogP contribution in [0.5, 0.6) is 0 Å². The SMILES string of the molecule is Nc1ccc2nc(S(=O)Cc3ccc(F)cc3F)oc2c1. The van der Waals surface area contributed by atoms with Crippen molar-refractivity contribution in [1.29, 1.82) is 0 Å². The van der Waals surface area contributed by atoms with Crippen LogP contribution >= 0.6 is 0 Å². The molecule has 1 atom stereocenters. The highest BCUT2D eigenvalue weighted by Crippen LogP contribution is 2.22. The summed E-state index contributed by atoms with van der Waals surface area (Å²) in [5.74, 6) is -1.57. The molecule has 3 aromatic rings. The number of hydrogen-bond acceptors (Lipinski definition) is 4. The molecule has 3 rings (SSSR count). The van der Waals surface area contributed by atoms with E-state index in [0.29, 0.717) is 16.8 Å². The van der Waals surface area contributed by atoms with E-state index in [1.807, 2.05) is 0 Å². The summed E-state index contributed by atoms with van der Waals surface area (Å²) in [5.41, 5.74) is 7.19. The van der Waals surface area contributed by atoms with Gasteiger partial charge in [0, 0.05) is 23.4 Å². The Morgan fingerprint density at radius 3 is 2.76 bits per heavy atom. The van der Waals surface area contributed by atoms with E-state index in [-0.39, 0.29) is 16.5 Å². The first kappa shape index (κ1) is 13.7. The Bertz CT molecular complexity index is 848. The van der Waals surface area contributed by atoms with Crippen LogP contribution in [0.25, 0.3) is 11.1 Å². The molecule has 1 heterocycles. The zero-order valence-corrected chi connectivity index (χ0v) is 11.5. The van der Waals surface area contributed by atoms with E-state index < -0.39 is 22.4 Å². The molecule has 0 bridgehead atoms. The van der Waals surface area contributed by atoms with Crippen molar-refractivity contribution in [2.24, 2.45) is 0 Å². The Morgan fingerprint density at radius 2 is 2.00 bits per heavy atom. The van der Waals surface area contributed by atoms with Gasteiger partial charge in [0.1, 0.15) is 28.0 Å². The molecule has 2 N–H and O–H groups in total. The van der Waals surface area contributed by atoms with Crippen molar-refractivity contribution in [1.82, 2.24) is 4.98 Å². The molecule has 0 aliphatic heterocycles. The summed E-state index contributed by atoms with van der Waals surface area (Å²) in [4.78, 5) is 4.08. The Kier molecular flexibility index (Phi) is 3.42. The van der Waals surface area contributed by atoms with Gasteiger partial charge in [-0.1, -0.05) is 6.07 Å². The molecule has 0 spiro atoms. The van der Waals surface area contributed by atoms with E-state index in [1.165, 1.54) is 6.07 Å². The van der Waals surface area contributed by atoms with Crippen LogP contribution in [0, 0.1) is 11.6 Å². The molecule has 108 valence electrons. The minimum absolute atomic E-state index is 0.0145. The number of rotatable bonds is 3. The smallest absolute Gasteiger partial charge is 0.288 e. The van der Waals surface area contributed by atoms with Gasteiger partial charge in [-0.2, -0.15) is 0 Å². The van der Waals surface area contributed by atoms with Crippen molar-refractivity contribution in [2.45, 2.75) is 11.0 Å². The first-order valence-corrected chi connectivity index (χ1v) is 7.33. The maximum absolute atomic E-state index is 13.5. The molecule has 0 fully saturated rings. The van der Waals surface area contributed by atoms with Crippen LogP contribution in [0.3, 0.4) is 0 Å². The van der Waals surface area contributed by atoms with Crippen molar-refractivity contribution in [3.05, 3.63) is 53.6 Å². The lowest BCUT2D eigenvalue weighted by atomic mass is 10.2. The van der Waals surface area contributed by atoms with Gasteiger partial charge in [-0.25, -0.2) is 18.0 Å². The highest BCUT2D eigenvalue weighted by molar-refractivity contribution is 7.84. The number of halogens is 2. The third-order valence-electron chi connectivity index (χ3n) is 2.89. The van der Waals surface area contributed by atoms with Gasteiger partial charge in [0.15, 0.2) is 5.58 Å². The molecule has 7 heteroatoms.